The lowest BCUT2D eigenvalue weighted by Crippen LogP contribution is -1.93. The molecule has 0 atom stereocenters. The smallest absolute Gasteiger partial charge is 0.160 e. The van der Waals surface area contributed by atoms with Gasteiger partial charge in [-0.2, -0.15) is 5.26 Å². The molecular weight excluding hydrogens is 368 g/mol. The number of hydrogen-bond donors (Lipinski definition) is 1. The van der Waals surface area contributed by atoms with Gasteiger partial charge >= 0.3 is 0 Å². The third-order valence-corrected chi connectivity index (χ3v) is 4.49. The van der Waals surface area contributed by atoms with Gasteiger partial charge in [0.15, 0.2) is 11.6 Å². The van der Waals surface area contributed by atoms with Gasteiger partial charge in [0, 0.05) is 28.9 Å². The Morgan fingerprint density at radius 1 is 1.22 bits per heavy atom. The molecule has 0 bridgehead atoms. The first-order valence-corrected chi connectivity index (χ1v) is 8.99. The molecule has 0 saturated carbocycles. The van der Waals surface area contributed by atoms with Gasteiger partial charge in [0.2, 0.25) is 0 Å². The number of thiazole rings is 1. The number of ether oxygens (including phenoxy) is 1. The van der Waals surface area contributed by atoms with Gasteiger partial charge in [-0.25, -0.2) is 13.8 Å². The van der Waals surface area contributed by atoms with E-state index in [-0.39, 0.29) is 0 Å². The molecule has 27 heavy (non-hydrogen) atoms. The van der Waals surface area contributed by atoms with E-state index in [1.165, 1.54) is 23.6 Å². The van der Waals surface area contributed by atoms with E-state index in [2.05, 4.69) is 16.4 Å². The predicted molar refractivity (Wildman–Crippen MR) is 102 cm³/mol. The number of nitriles is 1. The molecule has 1 heterocycles. The van der Waals surface area contributed by atoms with E-state index in [0.717, 1.165) is 29.1 Å². The highest BCUT2D eigenvalue weighted by atomic mass is 32.1. The summed E-state index contributed by atoms with van der Waals surface area (Å²) in [6.45, 7) is 2.52. The molecule has 0 fully saturated rings. The summed E-state index contributed by atoms with van der Waals surface area (Å²) in [7, 11) is 0. The lowest BCUT2D eigenvalue weighted by atomic mass is 10.2. The van der Waals surface area contributed by atoms with Crippen LogP contribution >= 0.6 is 11.3 Å². The summed E-state index contributed by atoms with van der Waals surface area (Å²) >= 11 is 1.33. The van der Waals surface area contributed by atoms with Crippen LogP contribution in [-0.4, -0.2) is 11.6 Å². The largest absolute Gasteiger partial charge is 0.494 e. The molecular formula is C20H15F2N3OS. The molecule has 4 nitrogen and oxygen atoms in total. The van der Waals surface area contributed by atoms with E-state index in [4.69, 9.17) is 4.74 Å². The van der Waals surface area contributed by atoms with Gasteiger partial charge in [-0.05, 0) is 43.3 Å². The van der Waals surface area contributed by atoms with Crippen LogP contribution < -0.4 is 10.1 Å². The second-order valence-electron chi connectivity index (χ2n) is 5.44. The number of aromatic nitrogens is 1. The Bertz CT molecular complexity index is 1010. The first kappa shape index (κ1) is 18.5. The van der Waals surface area contributed by atoms with Crippen molar-refractivity contribution in [2.45, 2.75) is 6.92 Å². The molecule has 0 amide bonds. The second kappa shape index (κ2) is 8.43. The molecule has 136 valence electrons. The maximum absolute atomic E-state index is 13.3. The van der Waals surface area contributed by atoms with E-state index in [9.17, 15) is 14.0 Å². The highest BCUT2D eigenvalue weighted by molar-refractivity contribution is 7.11. The number of hydrogen-bond acceptors (Lipinski definition) is 5. The zero-order chi connectivity index (χ0) is 19.2. The summed E-state index contributed by atoms with van der Waals surface area (Å²) < 4.78 is 31.6. The number of anilines is 1. The Kier molecular flexibility index (Phi) is 5.79. The minimum Gasteiger partial charge on any atom is -0.494 e. The van der Waals surface area contributed by atoms with Gasteiger partial charge in [0.1, 0.15) is 22.4 Å². The number of allylic oxidation sites excluding steroid dienone is 1. The van der Waals surface area contributed by atoms with Crippen LogP contribution in [0.4, 0.5) is 14.5 Å². The molecule has 0 saturated heterocycles. The van der Waals surface area contributed by atoms with Crippen molar-refractivity contribution < 1.29 is 13.5 Å². The standard InChI is InChI=1S/C20H15F2N3OS/c1-2-26-16-6-3-13(4-7-16)19-12-27-20(25-19)14(10-23)11-24-15-5-8-17(21)18(22)9-15/h3-9,11-12,24H,2H2,1H3/b14-11-. The van der Waals surface area contributed by atoms with Gasteiger partial charge < -0.3 is 10.1 Å². The highest BCUT2D eigenvalue weighted by Gasteiger charge is 2.09. The molecule has 0 radical (unpaired) electrons. The van der Waals surface area contributed by atoms with Crippen LogP contribution in [0.15, 0.2) is 54.0 Å². The van der Waals surface area contributed by atoms with Crippen molar-refractivity contribution in [3.63, 3.8) is 0 Å². The first-order chi connectivity index (χ1) is 13.1. The van der Waals surface area contributed by atoms with Crippen molar-refractivity contribution in [2.24, 2.45) is 0 Å². The maximum Gasteiger partial charge on any atom is 0.160 e. The van der Waals surface area contributed by atoms with Crippen molar-refractivity contribution >= 4 is 22.6 Å². The molecule has 1 aromatic heterocycles. The topological polar surface area (TPSA) is 57.9 Å². The van der Waals surface area contributed by atoms with E-state index in [1.807, 2.05) is 36.6 Å². The minimum atomic E-state index is -0.959. The fraction of sp³-hybridized carbons (Fsp3) is 0.100. The Hall–Kier alpha value is -3.24. The molecule has 0 aliphatic heterocycles. The fourth-order valence-electron chi connectivity index (χ4n) is 2.30. The van der Waals surface area contributed by atoms with Crippen LogP contribution in [-0.2, 0) is 0 Å². The van der Waals surface area contributed by atoms with Crippen molar-refractivity contribution in [1.29, 1.82) is 5.26 Å². The molecule has 3 aromatic rings. The van der Waals surface area contributed by atoms with Crippen LogP contribution in [0.3, 0.4) is 0 Å². The zero-order valence-corrected chi connectivity index (χ0v) is 15.2. The summed E-state index contributed by atoms with van der Waals surface area (Å²) in [5.74, 6) is -1.10. The number of benzene rings is 2. The summed E-state index contributed by atoms with van der Waals surface area (Å²) in [5.41, 5.74) is 2.28. The van der Waals surface area contributed by atoms with Gasteiger partial charge in [-0.1, -0.05) is 0 Å². The lowest BCUT2D eigenvalue weighted by Gasteiger charge is -2.03. The van der Waals surface area contributed by atoms with Crippen molar-refractivity contribution in [2.75, 3.05) is 11.9 Å². The fourth-order valence-corrected chi connectivity index (χ4v) is 3.10. The van der Waals surface area contributed by atoms with E-state index in [1.54, 1.807) is 0 Å². The van der Waals surface area contributed by atoms with E-state index in [0.29, 0.717) is 22.9 Å². The predicted octanol–water partition coefficient (Wildman–Crippen LogP) is 5.46. The first-order valence-electron chi connectivity index (χ1n) is 8.11. The molecule has 0 unspecified atom stereocenters. The van der Waals surface area contributed by atoms with E-state index >= 15 is 0 Å². The zero-order valence-electron chi connectivity index (χ0n) is 14.4. The van der Waals surface area contributed by atoms with Gasteiger partial charge in [0.25, 0.3) is 0 Å². The van der Waals surface area contributed by atoms with E-state index < -0.39 is 11.6 Å². The van der Waals surface area contributed by atoms with Crippen LogP contribution in [0, 0.1) is 23.0 Å². The Morgan fingerprint density at radius 2 is 2.00 bits per heavy atom. The Morgan fingerprint density at radius 3 is 2.67 bits per heavy atom. The number of rotatable bonds is 6. The monoisotopic (exact) mass is 383 g/mol. The van der Waals surface area contributed by atoms with Crippen LogP contribution in [0.5, 0.6) is 5.75 Å². The number of nitrogens with one attached hydrogen (secondary N) is 1. The second-order valence-corrected chi connectivity index (χ2v) is 6.30. The Labute approximate surface area is 159 Å². The summed E-state index contributed by atoms with van der Waals surface area (Å²) in [6, 6.07) is 13.0. The molecule has 0 aliphatic carbocycles. The third-order valence-electron chi connectivity index (χ3n) is 3.62. The molecule has 1 N–H and O–H groups in total. The quantitative estimate of drug-likeness (QED) is 0.574. The normalized spacial score (nSPS) is 11.1. The van der Waals surface area contributed by atoms with Gasteiger partial charge in [0.05, 0.1) is 12.3 Å². The van der Waals surface area contributed by atoms with Crippen LogP contribution in [0.25, 0.3) is 16.8 Å². The Balaban J connectivity index is 1.78. The van der Waals surface area contributed by atoms with Gasteiger partial charge in [-0.15, -0.1) is 11.3 Å². The van der Waals surface area contributed by atoms with Crippen molar-refractivity contribution in [3.05, 3.63) is 70.7 Å². The average molecular weight is 383 g/mol. The summed E-state index contributed by atoms with van der Waals surface area (Å²) in [4.78, 5) is 4.48. The summed E-state index contributed by atoms with van der Waals surface area (Å²) in [5, 5.41) is 14.6. The third kappa shape index (κ3) is 4.49. The van der Waals surface area contributed by atoms with Crippen molar-refractivity contribution in [1.82, 2.24) is 4.98 Å². The molecule has 3 rings (SSSR count). The average Bonchev–Trinajstić information content (AvgIpc) is 3.16. The molecule has 0 aliphatic rings. The minimum absolute atomic E-state index is 0.293. The maximum atomic E-state index is 13.3. The van der Waals surface area contributed by atoms with Gasteiger partial charge in [-0.3, -0.25) is 0 Å². The van der Waals surface area contributed by atoms with Crippen molar-refractivity contribution in [3.8, 4) is 23.1 Å². The molecule has 7 heteroatoms. The molecule has 0 spiro atoms. The number of halogens is 2. The number of nitrogens with zero attached hydrogens (tertiary/aromatic N) is 2. The lowest BCUT2D eigenvalue weighted by molar-refractivity contribution is 0.340. The summed E-state index contributed by atoms with van der Waals surface area (Å²) in [6.07, 6.45) is 1.42. The van der Waals surface area contributed by atoms with Crippen LogP contribution in [0.2, 0.25) is 0 Å². The molecule has 2 aromatic carbocycles. The highest BCUT2D eigenvalue weighted by Crippen LogP contribution is 2.27. The van der Waals surface area contributed by atoms with Crippen LogP contribution in [0.1, 0.15) is 11.9 Å². The SMILES string of the molecule is CCOc1ccc(-c2csc(/C(C#N)=C\Nc3ccc(F)c(F)c3)n2)cc1.